The molecule has 0 spiro atoms. The molecule has 0 aromatic carbocycles. The minimum Gasteiger partial charge on any atom is -0.369 e. The van der Waals surface area contributed by atoms with Gasteiger partial charge >= 0.3 is 0 Å². The van der Waals surface area contributed by atoms with Crippen molar-refractivity contribution in [3.63, 3.8) is 0 Å². The third kappa shape index (κ3) is 1.95. The second-order valence-corrected chi connectivity index (χ2v) is 1.85. The molecule has 9 heavy (non-hydrogen) atoms. The van der Waals surface area contributed by atoms with Crippen LogP contribution in [0.1, 0.15) is 13.3 Å². The van der Waals surface area contributed by atoms with Crippen LogP contribution in [0.2, 0.25) is 0 Å². The van der Waals surface area contributed by atoms with Crippen molar-refractivity contribution in [2.45, 2.75) is 19.1 Å². The van der Waals surface area contributed by atoms with Gasteiger partial charge in [-0.2, -0.15) is 0 Å². The van der Waals surface area contributed by atoms with E-state index in [1.165, 1.54) is 0 Å². The van der Waals surface area contributed by atoms with Crippen LogP contribution in [-0.4, -0.2) is 16.6 Å². The van der Waals surface area contributed by atoms with Crippen LogP contribution in [0.25, 0.3) is 0 Å². The van der Waals surface area contributed by atoms with Crippen LogP contribution < -0.4 is 5.73 Å². The summed E-state index contributed by atoms with van der Waals surface area (Å²) in [7, 11) is 0. The summed E-state index contributed by atoms with van der Waals surface area (Å²) in [6.45, 7) is 4.81. The van der Waals surface area contributed by atoms with Crippen molar-refractivity contribution in [3.8, 4) is 0 Å². The molecule has 0 amide bonds. The maximum absolute atomic E-state index is 10.6. The summed E-state index contributed by atoms with van der Waals surface area (Å²) >= 11 is 0. The first-order valence-corrected chi connectivity index (χ1v) is 2.72. The number of hydrogen-bond acceptors (Lipinski definition) is 3. The third-order valence-electron chi connectivity index (χ3n) is 1.15. The molecule has 0 rings (SSSR count). The number of aliphatic hydroxyl groups is 1. The lowest BCUT2D eigenvalue weighted by molar-refractivity contribution is -0.131. The summed E-state index contributed by atoms with van der Waals surface area (Å²) in [6.07, 6.45) is 1.22. The Morgan fingerprint density at radius 2 is 2.44 bits per heavy atom. The van der Waals surface area contributed by atoms with Crippen LogP contribution in [0.5, 0.6) is 0 Å². The fourth-order valence-electron chi connectivity index (χ4n) is 0.351. The lowest BCUT2D eigenvalue weighted by Gasteiger charge is -2.16. The lowest BCUT2D eigenvalue weighted by atomic mass is 10.1. The second-order valence-electron chi connectivity index (χ2n) is 1.85. The highest BCUT2D eigenvalue weighted by Gasteiger charge is 2.25. The Kier molecular flexibility index (Phi) is 2.55. The summed E-state index contributed by atoms with van der Waals surface area (Å²) in [5.74, 6) is -0.537. The van der Waals surface area contributed by atoms with Gasteiger partial charge in [0.25, 0.3) is 0 Å². The van der Waals surface area contributed by atoms with Crippen molar-refractivity contribution < 1.29 is 9.90 Å². The lowest BCUT2D eigenvalue weighted by Crippen LogP contribution is -2.46. The minimum absolute atomic E-state index is 0.206. The Balaban J connectivity index is 4.13. The minimum atomic E-state index is -1.71. The standard InChI is InChI=1S/C6H11NO2/c1-3-5(8)6(7,9)4-2/h3,9H,1,4,7H2,2H3. The Bertz CT molecular complexity index is 129. The summed E-state index contributed by atoms with van der Waals surface area (Å²) < 4.78 is 0. The molecular weight excluding hydrogens is 118 g/mol. The molecule has 0 saturated heterocycles. The first kappa shape index (κ1) is 8.33. The van der Waals surface area contributed by atoms with E-state index in [9.17, 15) is 4.79 Å². The molecule has 3 heteroatoms. The molecular formula is C6H11NO2. The van der Waals surface area contributed by atoms with Crippen molar-refractivity contribution >= 4 is 5.78 Å². The quantitative estimate of drug-likeness (QED) is 0.409. The zero-order valence-electron chi connectivity index (χ0n) is 5.42. The van der Waals surface area contributed by atoms with Crippen LogP contribution >= 0.6 is 0 Å². The summed E-state index contributed by atoms with van der Waals surface area (Å²) in [4.78, 5) is 10.6. The first-order chi connectivity index (χ1) is 4.04. The maximum Gasteiger partial charge on any atom is 0.201 e. The zero-order valence-corrected chi connectivity index (χ0v) is 5.42. The van der Waals surface area contributed by atoms with Crippen LogP contribution in [0, 0.1) is 0 Å². The topological polar surface area (TPSA) is 63.3 Å². The molecule has 0 aromatic heterocycles. The van der Waals surface area contributed by atoms with Gasteiger partial charge in [-0.25, -0.2) is 0 Å². The van der Waals surface area contributed by atoms with Gasteiger partial charge in [0.2, 0.25) is 5.78 Å². The zero-order chi connectivity index (χ0) is 7.49. The maximum atomic E-state index is 10.6. The smallest absolute Gasteiger partial charge is 0.201 e. The fraction of sp³-hybridized carbons (Fsp3) is 0.500. The average molecular weight is 129 g/mol. The van der Waals surface area contributed by atoms with Crippen molar-refractivity contribution in [3.05, 3.63) is 12.7 Å². The van der Waals surface area contributed by atoms with Gasteiger partial charge in [-0.05, 0) is 12.5 Å². The monoisotopic (exact) mass is 129 g/mol. The molecule has 1 unspecified atom stereocenters. The fourth-order valence-corrected chi connectivity index (χ4v) is 0.351. The van der Waals surface area contributed by atoms with E-state index in [-0.39, 0.29) is 6.42 Å². The highest BCUT2D eigenvalue weighted by Crippen LogP contribution is 2.01. The van der Waals surface area contributed by atoms with E-state index < -0.39 is 11.5 Å². The molecule has 0 heterocycles. The number of carbonyl (C=O) groups is 1. The van der Waals surface area contributed by atoms with Crippen molar-refractivity contribution in [1.29, 1.82) is 0 Å². The molecule has 3 nitrogen and oxygen atoms in total. The van der Waals surface area contributed by atoms with Gasteiger partial charge in [-0.1, -0.05) is 13.5 Å². The van der Waals surface area contributed by atoms with E-state index >= 15 is 0 Å². The molecule has 0 aromatic rings. The summed E-state index contributed by atoms with van der Waals surface area (Å²) in [6, 6.07) is 0. The summed E-state index contributed by atoms with van der Waals surface area (Å²) in [5.41, 5.74) is 3.40. The van der Waals surface area contributed by atoms with Crippen LogP contribution in [0.15, 0.2) is 12.7 Å². The van der Waals surface area contributed by atoms with Gasteiger partial charge < -0.3 is 5.11 Å². The average Bonchev–Trinajstić information content (AvgIpc) is 1.86. The molecule has 1 atom stereocenters. The predicted octanol–water partition coefficient (Wildman–Crippen LogP) is -0.201. The SMILES string of the molecule is C=CC(=O)C(N)(O)CC. The largest absolute Gasteiger partial charge is 0.369 e. The van der Waals surface area contributed by atoms with Gasteiger partial charge in [0.15, 0.2) is 5.72 Å². The molecule has 0 saturated carbocycles. The van der Waals surface area contributed by atoms with Gasteiger partial charge in [-0.3, -0.25) is 10.5 Å². The number of carbonyl (C=O) groups excluding carboxylic acids is 1. The predicted molar refractivity (Wildman–Crippen MR) is 34.6 cm³/mol. The van der Waals surface area contributed by atoms with E-state index in [2.05, 4.69) is 6.58 Å². The van der Waals surface area contributed by atoms with E-state index in [1.807, 2.05) is 0 Å². The molecule has 3 N–H and O–H groups in total. The van der Waals surface area contributed by atoms with E-state index in [4.69, 9.17) is 10.8 Å². The third-order valence-corrected chi connectivity index (χ3v) is 1.15. The number of rotatable bonds is 3. The van der Waals surface area contributed by atoms with Crippen molar-refractivity contribution in [1.82, 2.24) is 0 Å². The molecule has 0 aliphatic carbocycles. The first-order valence-electron chi connectivity index (χ1n) is 2.72. The van der Waals surface area contributed by atoms with Gasteiger partial charge in [0.05, 0.1) is 0 Å². The summed E-state index contributed by atoms with van der Waals surface area (Å²) in [5, 5.41) is 8.95. The molecule has 0 aliphatic heterocycles. The Morgan fingerprint density at radius 3 is 2.56 bits per heavy atom. The van der Waals surface area contributed by atoms with E-state index in [0.29, 0.717) is 0 Å². The highest BCUT2D eigenvalue weighted by atomic mass is 16.3. The van der Waals surface area contributed by atoms with Gasteiger partial charge in [-0.15, -0.1) is 0 Å². The molecule has 0 aliphatic rings. The molecule has 0 bridgehead atoms. The highest BCUT2D eigenvalue weighted by molar-refractivity contribution is 5.95. The second kappa shape index (κ2) is 2.75. The van der Waals surface area contributed by atoms with Crippen LogP contribution in [0.3, 0.4) is 0 Å². The van der Waals surface area contributed by atoms with Gasteiger partial charge in [0.1, 0.15) is 0 Å². The van der Waals surface area contributed by atoms with Crippen LogP contribution in [-0.2, 0) is 4.79 Å². The van der Waals surface area contributed by atoms with Crippen molar-refractivity contribution in [2.75, 3.05) is 0 Å². The normalized spacial score (nSPS) is 16.3. The van der Waals surface area contributed by atoms with Crippen molar-refractivity contribution in [2.24, 2.45) is 5.73 Å². The van der Waals surface area contributed by atoms with Crippen LogP contribution in [0.4, 0.5) is 0 Å². The Morgan fingerprint density at radius 1 is 2.00 bits per heavy atom. The number of nitrogens with two attached hydrogens (primary N) is 1. The Hall–Kier alpha value is -0.670. The molecule has 0 fully saturated rings. The van der Waals surface area contributed by atoms with Gasteiger partial charge in [0, 0.05) is 0 Å². The number of ketones is 1. The molecule has 0 radical (unpaired) electrons. The van der Waals surface area contributed by atoms with E-state index in [1.54, 1.807) is 6.92 Å². The number of hydrogen-bond donors (Lipinski definition) is 2. The Labute approximate surface area is 54.2 Å². The molecule has 52 valence electrons. The van der Waals surface area contributed by atoms with E-state index in [0.717, 1.165) is 6.08 Å².